The minimum absolute atomic E-state index is 0.512. The van der Waals surface area contributed by atoms with Crippen molar-refractivity contribution in [1.82, 2.24) is 5.32 Å². The van der Waals surface area contributed by atoms with E-state index in [1.165, 1.54) is 19.3 Å². The van der Waals surface area contributed by atoms with E-state index < -0.39 is 0 Å². The average Bonchev–Trinajstić information content (AvgIpc) is 2.60. The SMILES string of the molecule is CC(CN)NC1CC2CC2C1. The third-order valence-corrected chi connectivity index (χ3v) is 3.12. The monoisotopic (exact) mass is 154 g/mol. The molecule has 2 heteroatoms. The molecule has 2 aliphatic carbocycles. The van der Waals surface area contributed by atoms with Gasteiger partial charge in [0.15, 0.2) is 0 Å². The van der Waals surface area contributed by atoms with Crippen LogP contribution in [0.2, 0.25) is 0 Å². The van der Waals surface area contributed by atoms with Gasteiger partial charge in [-0.25, -0.2) is 0 Å². The van der Waals surface area contributed by atoms with E-state index in [9.17, 15) is 0 Å². The molecular weight excluding hydrogens is 136 g/mol. The molecule has 0 amide bonds. The standard InChI is InChI=1S/C9H18N2/c1-6(5-10)11-9-3-7-2-8(7)4-9/h6-9,11H,2-5,10H2,1H3. The molecule has 0 saturated heterocycles. The van der Waals surface area contributed by atoms with Gasteiger partial charge in [-0.05, 0) is 38.0 Å². The third kappa shape index (κ3) is 1.57. The minimum Gasteiger partial charge on any atom is -0.329 e. The van der Waals surface area contributed by atoms with Crippen LogP contribution in [0, 0.1) is 11.8 Å². The first-order chi connectivity index (χ1) is 5.29. The van der Waals surface area contributed by atoms with Crippen molar-refractivity contribution in [2.45, 2.75) is 38.3 Å². The highest BCUT2D eigenvalue weighted by Crippen LogP contribution is 2.51. The molecule has 2 fully saturated rings. The molecule has 0 aliphatic heterocycles. The van der Waals surface area contributed by atoms with Crippen molar-refractivity contribution < 1.29 is 0 Å². The van der Waals surface area contributed by atoms with E-state index in [2.05, 4.69) is 12.2 Å². The lowest BCUT2D eigenvalue weighted by Gasteiger charge is -2.18. The summed E-state index contributed by atoms with van der Waals surface area (Å²) in [5.41, 5.74) is 5.53. The van der Waals surface area contributed by atoms with Gasteiger partial charge in [-0.2, -0.15) is 0 Å². The first-order valence-corrected chi connectivity index (χ1v) is 4.75. The zero-order valence-electron chi connectivity index (χ0n) is 7.22. The van der Waals surface area contributed by atoms with Crippen LogP contribution in [-0.2, 0) is 0 Å². The third-order valence-electron chi connectivity index (χ3n) is 3.12. The predicted octanol–water partition coefficient (Wildman–Crippen LogP) is 0.722. The highest BCUT2D eigenvalue weighted by molar-refractivity contribution is 4.99. The summed E-state index contributed by atoms with van der Waals surface area (Å²) in [5, 5.41) is 3.56. The van der Waals surface area contributed by atoms with E-state index in [0.29, 0.717) is 6.04 Å². The number of nitrogens with two attached hydrogens (primary N) is 1. The first-order valence-electron chi connectivity index (χ1n) is 4.75. The van der Waals surface area contributed by atoms with E-state index in [1.807, 2.05) is 0 Å². The second kappa shape index (κ2) is 2.76. The summed E-state index contributed by atoms with van der Waals surface area (Å²) >= 11 is 0. The second-order valence-electron chi connectivity index (χ2n) is 4.23. The van der Waals surface area contributed by atoms with Crippen molar-refractivity contribution >= 4 is 0 Å². The molecule has 0 aromatic heterocycles. The lowest BCUT2D eigenvalue weighted by Crippen LogP contribution is -2.40. The van der Waals surface area contributed by atoms with Gasteiger partial charge in [0.05, 0.1) is 0 Å². The molecular formula is C9H18N2. The molecule has 3 N–H and O–H groups in total. The van der Waals surface area contributed by atoms with Crippen LogP contribution in [0.15, 0.2) is 0 Å². The number of nitrogens with one attached hydrogen (secondary N) is 1. The van der Waals surface area contributed by atoms with Crippen LogP contribution < -0.4 is 11.1 Å². The molecule has 2 rings (SSSR count). The first kappa shape index (κ1) is 7.56. The average molecular weight is 154 g/mol. The summed E-state index contributed by atoms with van der Waals surface area (Å²) in [6, 6.07) is 1.30. The van der Waals surface area contributed by atoms with Gasteiger partial charge in [0, 0.05) is 18.6 Å². The van der Waals surface area contributed by atoms with E-state index >= 15 is 0 Å². The van der Waals surface area contributed by atoms with Crippen LogP contribution in [0.5, 0.6) is 0 Å². The van der Waals surface area contributed by atoms with Crippen molar-refractivity contribution in [3.63, 3.8) is 0 Å². The lowest BCUT2D eigenvalue weighted by atomic mass is 10.1. The van der Waals surface area contributed by atoms with Gasteiger partial charge < -0.3 is 11.1 Å². The molecule has 0 bridgehead atoms. The minimum atomic E-state index is 0.512. The van der Waals surface area contributed by atoms with Crippen LogP contribution in [0.3, 0.4) is 0 Å². The van der Waals surface area contributed by atoms with Crippen molar-refractivity contribution in [3.8, 4) is 0 Å². The molecule has 0 radical (unpaired) electrons. The number of rotatable bonds is 3. The molecule has 0 heterocycles. The number of hydrogen-bond donors (Lipinski definition) is 2. The van der Waals surface area contributed by atoms with Gasteiger partial charge in [0.2, 0.25) is 0 Å². The van der Waals surface area contributed by atoms with Crippen LogP contribution in [0.4, 0.5) is 0 Å². The molecule has 64 valence electrons. The Balaban J connectivity index is 1.71. The Hall–Kier alpha value is -0.0800. The second-order valence-corrected chi connectivity index (χ2v) is 4.23. The highest BCUT2D eigenvalue weighted by atomic mass is 15.0. The molecule has 0 spiro atoms. The van der Waals surface area contributed by atoms with Crippen molar-refractivity contribution in [1.29, 1.82) is 0 Å². The summed E-state index contributed by atoms with van der Waals surface area (Å²) in [6.45, 7) is 2.94. The summed E-state index contributed by atoms with van der Waals surface area (Å²) in [5.74, 6) is 2.16. The van der Waals surface area contributed by atoms with Crippen LogP contribution >= 0.6 is 0 Å². The molecule has 0 aromatic carbocycles. The van der Waals surface area contributed by atoms with E-state index in [1.54, 1.807) is 0 Å². The zero-order chi connectivity index (χ0) is 7.84. The summed E-state index contributed by atoms with van der Waals surface area (Å²) < 4.78 is 0. The maximum atomic E-state index is 5.53. The maximum Gasteiger partial charge on any atom is 0.0164 e. The molecule has 2 nitrogen and oxygen atoms in total. The molecule has 3 unspecified atom stereocenters. The molecule has 0 aromatic rings. The van der Waals surface area contributed by atoms with E-state index in [0.717, 1.165) is 24.4 Å². The number of fused-ring (bicyclic) bond motifs is 1. The molecule has 2 aliphatic rings. The molecule has 3 atom stereocenters. The van der Waals surface area contributed by atoms with Gasteiger partial charge in [0.1, 0.15) is 0 Å². The van der Waals surface area contributed by atoms with Crippen LogP contribution in [0.25, 0.3) is 0 Å². The van der Waals surface area contributed by atoms with Gasteiger partial charge in [0.25, 0.3) is 0 Å². The van der Waals surface area contributed by atoms with E-state index in [-0.39, 0.29) is 0 Å². The fraction of sp³-hybridized carbons (Fsp3) is 1.00. The summed E-state index contributed by atoms with van der Waals surface area (Å²) in [4.78, 5) is 0. The van der Waals surface area contributed by atoms with Gasteiger partial charge in [-0.1, -0.05) is 0 Å². The fourth-order valence-corrected chi connectivity index (χ4v) is 2.32. The Labute approximate surface area is 68.5 Å². The molecule has 11 heavy (non-hydrogen) atoms. The summed E-state index contributed by atoms with van der Waals surface area (Å²) in [7, 11) is 0. The quantitative estimate of drug-likeness (QED) is 0.628. The number of hydrogen-bond acceptors (Lipinski definition) is 2. The Morgan fingerprint density at radius 2 is 2.00 bits per heavy atom. The van der Waals surface area contributed by atoms with Crippen molar-refractivity contribution in [3.05, 3.63) is 0 Å². The molecule has 2 saturated carbocycles. The van der Waals surface area contributed by atoms with Crippen molar-refractivity contribution in [2.24, 2.45) is 17.6 Å². The Bertz CT molecular complexity index is 136. The smallest absolute Gasteiger partial charge is 0.0164 e. The Kier molecular flexibility index (Phi) is 1.90. The highest BCUT2D eigenvalue weighted by Gasteiger charge is 2.45. The Morgan fingerprint density at radius 1 is 1.36 bits per heavy atom. The van der Waals surface area contributed by atoms with Crippen LogP contribution in [-0.4, -0.2) is 18.6 Å². The fourth-order valence-electron chi connectivity index (χ4n) is 2.32. The largest absolute Gasteiger partial charge is 0.329 e. The predicted molar refractivity (Wildman–Crippen MR) is 46.3 cm³/mol. The topological polar surface area (TPSA) is 38.0 Å². The van der Waals surface area contributed by atoms with Gasteiger partial charge in [-0.3, -0.25) is 0 Å². The maximum absolute atomic E-state index is 5.53. The summed E-state index contributed by atoms with van der Waals surface area (Å²) in [6.07, 6.45) is 4.33. The van der Waals surface area contributed by atoms with Crippen LogP contribution in [0.1, 0.15) is 26.2 Å². The van der Waals surface area contributed by atoms with Crippen molar-refractivity contribution in [2.75, 3.05) is 6.54 Å². The van der Waals surface area contributed by atoms with E-state index in [4.69, 9.17) is 5.73 Å². The normalized spacial score (nSPS) is 43.6. The van der Waals surface area contributed by atoms with Gasteiger partial charge >= 0.3 is 0 Å². The zero-order valence-corrected chi connectivity index (χ0v) is 7.22. The lowest BCUT2D eigenvalue weighted by molar-refractivity contribution is 0.427. The Morgan fingerprint density at radius 3 is 2.55 bits per heavy atom. The van der Waals surface area contributed by atoms with Gasteiger partial charge in [-0.15, -0.1) is 0 Å².